The van der Waals surface area contributed by atoms with Crippen LogP contribution < -0.4 is 15.0 Å². The van der Waals surface area contributed by atoms with E-state index in [1.165, 1.54) is 51.9 Å². The monoisotopic (exact) mass is 608 g/mol. The molecule has 3 aromatic carbocycles. The first-order chi connectivity index (χ1) is 20.6. The Hall–Kier alpha value is -4.65. The smallest absolute Gasteiger partial charge is 0.406 e. The van der Waals surface area contributed by atoms with Crippen molar-refractivity contribution in [3.63, 3.8) is 0 Å². The average Bonchev–Trinajstić information content (AvgIpc) is 3.60. The van der Waals surface area contributed by atoms with E-state index in [2.05, 4.69) is 25.1 Å². The lowest BCUT2D eigenvalue weighted by Crippen LogP contribution is -2.32. The Balaban J connectivity index is 1.20. The van der Waals surface area contributed by atoms with Gasteiger partial charge in [0, 0.05) is 12.1 Å². The highest BCUT2D eigenvalue weighted by molar-refractivity contribution is 8.15. The molecule has 0 atom stereocenters. The average molecular weight is 609 g/mol. The van der Waals surface area contributed by atoms with Crippen LogP contribution in [0.25, 0.3) is 17.1 Å². The molecule has 0 unspecified atom stereocenters. The maximum absolute atomic E-state index is 12.7. The van der Waals surface area contributed by atoms with Crippen molar-refractivity contribution < 1.29 is 27.5 Å². The lowest BCUT2D eigenvalue weighted by Gasteiger charge is -2.21. The van der Waals surface area contributed by atoms with Crippen LogP contribution in [0.2, 0.25) is 0 Å². The second-order valence-corrected chi connectivity index (χ2v) is 10.8. The van der Waals surface area contributed by atoms with Crippen LogP contribution in [0.3, 0.4) is 0 Å². The molecule has 13 heteroatoms. The molecule has 5 rings (SSSR count). The van der Waals surface area contributed by atoms with Gasteiger partial charge in [-0.05, 0) is 59.9 Å². The predicted molar refractivity (Wildman–Crippen MR) is 158 cm³/mol. The van der Waals surface area contributed by atoms with Crippen molar-refractivity contribution in [3.8, 4) is 22.8 Å². The number of carbonyl (C=O) groups is 2. The zero-order valence-electron chi connectivity index (χ0n) is 23.2. The van der Waals surface area contributed by atoms with Crippen molar-refractivity contribution >= 4 is 34.6 Å². The quantitative estimate of drug-likeness (QED) is 0.250. The minimum Gasteiger partial charge on any atom is -0.406 e. The van der Waals surface area contributed by atoms with Crippen molar-refractivity contribution in [2.24, 2.45) is 4.99 Å². The maximum atomic E-state index is 12.7. The molecule has 1 fully saturated rings. The van der Waals surface area contributed by atoms with E-state index in [1.807, 2.05) is 62.4 Å². The zero-order valence-corrected chi connectivity index (χ0v) is 24.0. The third kappa shape index (κ3) is 7.41. The Kier molecular flexibility index (Phi) is 8.81. The number of halogens is 3. The number of amides is 3. The summed E-state index contributed by atoms with van der Waals surface area (Å²) >= 11 is 1.23. The van der Waals surface area contributed by atoms with Crippen molar-refractivity contribution in [2.75, 3.05) is 17.2 Å². The van der Waals surface area contributed by atoms with Crippen LogP contribution in [0.5, 0.6) is 5.75 Å². The number of rotatable bonds is 8. The van der Waals surface area contributed by atoms with Gasteiger partial charge >= 0.3 is 12.4 Å². The number of anilines is 1. The summed E-state index contributed by atoms with van der Waals surface area (Å²) in [6, 6.07) is 19.9. The number of hydrogen-bond acceptors (Lipinski definition) is 6. The van der Waals surface area contributed by atoms with Crippen LogP contribution in [0.1, 0.15) is 30.9 Å². The lowest BCUT2D eigenvalue weighted by atomic mass is 10.0. The molecule has 0 spiro atoms. The highest BCUT2D eigenvalue weighted by atomic mass is 32.2. The van der Waals surface area contributed by atoms with Crippen molar-refractivity contribution in [1.82, 2.24) is 20.1 Å². The van der Waals surface area contributed by atoms with E-state index in [4.69, 9.17) is 0 Å². The van der Waals surface area contributed by atoms with Gasteiger partial charge in [-0.2, -0.15) is 4.99 Å². The molecule has 1 aliphatic rings. The Labute approximate surface area is 249 Å². The molecule has 0 aliphatic carbocycles. The highest BCUT2D eigenvalue weighted by Crippen LogP contribution is 2.33. The van der Waals surface area contributed by atoms with Gasteiger partial charge in [-0.3, -0.25) is 9.69 Å². The first-order valence-electron chi connectivity index (χ1n) is 13.4. The van der Waals surface area contributed by atoms with Crippen LogP contribution in [0, 0.1) is 0 Å². The molecular weight excluding hydrogens is 581 g/mol. The molecule has 0 bridgehead atoms. The molecule has 2 heterocycles. The summed E-state index contributed by atoms with van der Waals surface area (Å²) in [5.41, 5.74) is 3.91. The molecule has 1 N–H and O–H groups in total. The SMILES string of the molecule is CC(C)c1ccccc1N1C(=O)CSC1=NC(=O)NCCc1cccc(-c2ncn(-c3ccc(OC(F)(F)F)cc3)n2)c1. The summed E-state index contributed by atoms with van der Waals surface area (Å²) in [7, 11) is 0. The summed E-state index contributed by atoms with van der Waals surface area (Å²) in [6.45, 7) is 4.41. The number of urea groups is 1. The van der Waals surface area contributed by atoms with E-state index >= 15 is 0 Å². The Morgan fingerprint density at radius 1 is 1.09 bits per heavy atom. The number of hydrogen-bond donors (Lipinski definition) is 1. The molecule has 1 aliphatic heterocycles. The van der Waals surface area contributed by atoms with Gasteiger partial charge in [0.2, 0.25) is 5.91 Å². The second kappa shape index (κ2) is 12.7. The number of thioether (sulfide) groups is 1. The topological polar surface area (TPSA) is 102 Å². The van der Waals surface area contributed by atoms with Gasteiger partial charge in [0.05, 0.1) is 17.1 Å². The van der Waals surface area contributed by atoms with Crippen LogP contribution in [-0.2, 0) is 11.2 Å². The fourth-order valence-corrected chi connectivity index (χ4v) is 5.35. The lowest BCUT2D eigenvalue weighted by molar-refractivity contribution is -0.274. The fourth-order valence-electron chi connectivity index (χ4n) is 4.49. The van der Waals surface area contributed by atoms with Crippen LogP contribution in [0.15, 0.2) is 84.1 Å². The Morgan fingerprint density at radius 2 is 1.86 bits per heavy atom. The molecule has 43 heavy (non-hydrogen) atoms. The van der Waals surface area contributed by atoms with Gasteiger partial charge in [-0.15, -0.1) is 18.3 Å². The maximum Gasteiger partial charge on any atom is 0.573 e. The first kappa shape index (κ1) is 29.8. The molecule has 3 amide bonds. The summed E-state index contributed by atoms with van der Waals surface area (Å²) in [6.07, 6.45) is -2.78. The van der Waals surface area contributed by atoms with Crippen molar-refractivity contribution in [3.05, 3.63) is 90.3 Å². The zero-order chi connectivity index (χ0) is 30.6. The van der Waals surface area contributed by atoms with Crippen LogP contribution in [0.4, 0.5) is 23.7 Å². The summed E-state index contributed by atoms with van der Waals surface area (Å²) in [4.78, 5) is 35.4. The summed E-state index contributed by atoms with van der Waals surface area (Å²) in [5.74, 6) is 0.389. The van der Waals surface area contributed by atoms with Gasteiger partial charge in [0.1, 0.15) is 12.1 Å². The normalized spacial score (nSPS) is 14.5. The minimum atomic E-state index is -4.76. The number of amidine groups is 1. The number of alkyl halides is 3. The predicted octanol–water partition coefficient (Wildman–Crippen LogP) is 6.34. The number of benzene rings is 3. The largest absolute Gasteiger partial charge is 0.573 e. The number of nitrogens with zero attached hydrogens (tertiary/aromatic N) is 5. The van der Waals surface area contributed by atoms with E-state index in [0.29, 0.717) is 29.6 Å². The van der Waals surface area contributed by atoms with E-state index in [0.717, 1.165) is 22.4 Å². The first-order valence-corrected chi connectivity index (χ1v) is 14.3. The molecule has 1 aromatic heterocycles. The van der Waals surface area contributed by atoms with Crippen LogP contribution >= 0.6 is 11.8 Å². The number of para-hydroxylation sites is 1. The Morgan fingerprint density at radius 3 is 2.60 bits per heavy atom. The molecule has 1 saturated heterocycles. The third-order valence-corrected chi connectivity index (χ3v) is 7.39. The van der Waals surface area contributed by atoms with Gasteiger partial charge in [-0.1, -0.05) is 62.0 Å². The number of nitrogens with one attached hydrogen (secondary N) is 1. The molecular formula is C30H27F3N6O3S. The van der Waals surface area contributed by atoms with Crippen LogP contribution in [-0.4, -0.2) is 50.5 Å². The molecule has 9 nitrogen and oxygen atoms in total. The highest BCUT2D eigenvalue weighted by Gasteiger charge is 2.32. The standard InChI is InChI=1S/C30H27F3N6O3S/c1-19(2)24-8-3-4-9-25(24)39-26(40)17-43-29(39)36-28(41)34-15-14-20-6-5-7-21(16-20)27-35-18-38(37-27)22-10-12-23(13-11-22)42-30(31,32)33/h3-13,16,18-19H,14-15,17H2,1-2H3,(H,34,41). The van der Waals surface area contributed by atoms with Gasteiger partial charge in [0.25, 0.3) is 0 Å². The fraction of sp³-hybridized carbons (Fsp3) is 0.233. The van der Waals surface area contributed by atoms with E-state index < -0.39 is 12.4 Å². The van der Waals surface area contributed by atoms with Crippen molar-refractivity contribution in [1.29, 1.82) is 0 Å². The number of aliphatic imine (C=N–C) groups is 1. The molecule has 4 aromatic rings. The minimum absolute atomic E-state index is 0.120. The molecule has 0 saturated carbocycles. The molecule has 0 radical (unpaired) electrons. The van der Waals surface area contributed by atoms with E-state index in [1.54, 1.807) is 0 Å². The molecule has 222 valence electrons. The van der Waals surface area contributed by atoms with Crippen molar-refractivity contribution in [2.45, 2.75) is 32.5 Å². The summed E-state index contributed by atoms with van der Waals surface area (Å²) in [5, 5.41) is 7.58. The Bertz CT molecular complexity index is 1650. The summed E-state index contributed by atoms with van der Waals surface area (Å²) < 4.78 is 42.6. The van der Waals surface area contributed by atoms with Gasteiger partial charge in [0.15, 0.2) is 11.0 Å². The number of ether oxygens (including phenoxy) is 1. The second-order valence-electron chi connectivity index (χ2n) is 9.86. The number of carbonyl (C=O) groups excluding carboxylic acids is 2. The van der Waals surface area contributed by atoms with E-state index in [-0.39, 0.29) is 23.3 Å². The number of aromatic nitrogens is 3. The van der Waals surface area contributed by atoms with Gasteiger partial charge in [-0.25, -0.2) is 14.5 Å². The van der Waals surface area contributed by atoms with E-state index in [9.17, 15) is 22.8 Å². The van der Waals surface area contributed by atoms with Gasteiger partial charge < -0.3 is 10.1 Å². The third-order valence-electron chi connectivity index (χ3n) is 6.46.